The Bertz CT molecular complexity index is 765. The van der Waals surface area contributed by atoms with Crippen LogP contribution < -0.4 is 9.47 Å². The topological polar surface area (TPSA) is 35.5 Å². The summed E-state index contributed by atoms with van der Waals surface area (Å²) in [5, 5.41) is 0. The van der Waals surface area contributed by atoms with Crippen LogP contribution in [0.15, 0.2) is 34.8 Å². The van der Waals surface area contributed by atoms with Crippen LogP contribution in [0.25, 0.3) is 0 Å². The maximum Gasteiger partial charge on any atom is 0.349 e. The average Bonchev–Trinajstić information content (AvgIpc) is 2.48. The second kappa shape index (κ2) is 7.61. The molecule has 0 atom stereocenters. The molecule has 2 aromatic carbocycles. The lowest BCUT2D eigenvalue weighted by molar-refractivity contribution is -0.136. The monoisotopic (exact) mass is 404 g/mol. The molecule has 0 aliphatic heterocycles. The van der Waals surface area contributed by atoms with Crippen LogP contribution in [0.4, 0.5) is 0 Å². The molecule has 0 bridgehead atoms. The van der Waals surface area contributed by atoms with Gasteiger partial charge >= 0.3 is 5.97 Å². The van der Waals surface area contributed by atoms with Crippen LogP contribution in [-0.4, -0.2) is 12.6 Å². The summed E-state index contributed by atoms with van der Waals surface area (Å²) < 4.78 is 12.3. The Balaban J connectivity index is 2.11. The molecule has 0 fully saturated rings. The van der Waals surface area contributed by atoms with Crippen molar-refractivity contribution in [2.75, 3.05) is 6.61 Å². The molecule has 134 valence electrons. The van der Waals surface area contributed by atoms with Crippen molar-refractivity contribution >= 4 is 21.9 Å². The summed E-state index contributed by atoms with van der Waals surface area (Å²) >= 11 is 3.44. The van der Waals surface area contributed by atoms with Gasteiger partial charge in [-0.15, -0.1) is 0 Å². The summed E-state index contributed by atoms with van der Waals surface area (Å²) in [6.45, 7) is 12.1. The minimum absolute atomic E-state index is 0.0653. The van der Waals surface area contributed by atoms with Crippen LogP contribution >= 0.6 is 15.9 Å². The number of ether oxygens (including phenoxy) is 2. The molecule has 4 heteroatoms. The SMILES string of the molecule is Cc1ccc(OCC(=O)Oc2c(C)cc(Br)cc2C)c(C(C)(C)C)c1. The molecule has 0 aliphatic rings. The van der Waals surface area contributed by atoms with E-state index in [0.717, 1.165) is 26.9 Å². The molecule has 0 aliphatic carbocycles. The number of halogens is 1. The lowest BCUT2D eigenvalue weighted by Crippen LogP contribution is -2.21. The van der Waals surface area contributed by atoms with Gasteiger partial charge in [0.05, 0.1) is 0 Å². The largest absolute Gasteiger partial charge is 0.482 e. The van der Waals surface area contributed by atoms with Gasteiger partial charge in [0.2, 0.25) is 0 Å². The van der Waals surface area contributed by atoms with Gasteiger partial charge in [0.25, 0.3) is 0 Å². The molecule has 0 radical (unpaired) electrons. The number of benzene rings is 2. The minimum atomic E-state index is -0.408. The Labute approximate surface area is 158 Å². The second-order valence-corrected chi connectivity index (χ2v) is 8.30. The lowest BCUT2D eigenvalue weighted by atomic mass is 9.85. The quantitative estimate of drug-likeness (QED) is 0.487. The third-order valence-electron chi connectivity index (χ3n) is 3.93. The third-order valence-corrected chi connectivity index (χ3v) is 4.39. The molecule has 0 saturated carbocycles. The Kier molecular flexibility index (Phi) is 5.94. The zero-order valence-corrected chi connectivity index (χ0v) is 17.3. The predicted molar refractivity (Wildman–Crippen MR) is 105 cm³/mol. The van der Waals surface area contributed by atoms with Gasteiger partial charge in [-0.05, 0) is 61.1 Å². The van der Waals surface area contributed by atoms with Gasteiger partial charge in [-0.3, -0.25) is 0 Å². The maximum atomic E-state index is 12.2. The number of carbonyl (C=O) groups excluding carboxylic acids is 1. The van der Waals surface area contributed by atoms with E-state index in [1.165, 1.54) is 5.56 Å². The van der Waals surface area contributed by atoms with Gasteiger partial charge in [-0.1, -0.05) is 54.4 Å². The average molecular weight is 405 g/mol. The van der Waals surface area contributed by atoms with Gasteiger partial charge in [0, 0.05) is 4.47 Å². The van der Waals surface area contributed by atoms with E-state index in [4.69, 9.17) is 9.47 Å². The summed E-state index contributed by atoms with van der Waals surface area (Å²) in [4.78, 5) is 12.2. The van der Waals surface area contributed by atoms with Crippen LogP contribution in [-0.2, 0) is 10.2 Å². The number of esters is 1. The first-order chi connectivity index (χ1) is 11.6. The van der Waals surface area contributed by atoms with Crippen molar-refractivity contribution < 1.29 is 14.3 Å². The van der Waals surface area contributed by atoms with Crippen LogP contribution in [0.1, 0.15) is 43.0 Å². The molecule has 2 aromatic rings. The standard InChI is InChI=1S/C21H25BrO3/c1-13-7-8-18(17(9-13)21(4,5)6)24-12-19(23)25-20-14(2)10-16(22)11-15(20)3/h7-11H,12H2,1-6H3. The zero-order valence-electron chi connectivity index (χ0n) is 15.7. The van der Waals surface area contributed by atoms with Crippen molar-refractivity contribution in [3.63, 3.8) is 0 Å². The van der Waals surface area contributed by atoms with Crippen molar-refractivity contribution in [3.05, 3.63) is 57.1 Å². The predicted octanol–water partition coefficient (Wildman–Crippen LogP) is 5.66. The summed E-state index contributed by atoms with van der Waals surface area (Å²) in [5.74, 6) is 0.907. The van der Waals surface area contributed by atoms with E-state index in [9.17, 15) is 4.79 Å². The van der Waals surface area contributed by atoms with Gasteiger partial charge in [-0.25, -0.2) is 4.79 Å². The molecule has 3 nitrogen and oxygen atoms in total. The highest BCUT2D eigenvalue weighted by Crippen LogP contribution is 2.32. The first kappa shape index (κ1) is 19.5. The smallest absolute Gasteiger partial charge is 0.349 e. The number of hydrogen-bond acceptors (Lipinski definition) is 3. The number of rotatable bonds is 4. The molecular weight excluding hydrogens is 380 g/mol. The molecule has 0 saturated heterocycles. The third kappa shape index (κ3) is 5.08. The number of aryl methyl sites for hydroxylation is 3. The molecule has 25 heavy (non-hydrogen) atoms. The van der Waals surface area contributed by atoms with E-state index >= 15 is 0 Å². The fraction of sp³-hybridized carbons (Fsp3) is 0.381. The summed E-state index contributed by atoms with van der Waals surface area (Å²) in [6.07, 6.45) is 0. The van der Waals surface area contributed by atoms with Crippen molar-refractivity contribution in [1.82, 2.24) is 0 Å². The van der Waals surface area contributed by atoms with Gasteiger partial charge in [-0.2, -0.15) is 0 Å². The summed E-state index contributed by atoms with van der Waals surface area (Å²) in [7, 11) is 0. The van der Waals surface area contributed by atoms with Crippen LogP contribution in [0.2, 0.25) is 0 Å². The molecule has 0 unspecified atom stereocenters. The number of hydrogen-bond donors (Lipinski definition) is 0. The minimum Gasteiger partial charge on any atom is -0.482 e. The fourth-order valence-electron chi connectivity index (χ4n) is 2.69. The first-order valence-corrected chi connectivity index (χ1v) is 9.08. The Morgan fingerprint density at radius 1 is 1.04 bits per heavy atom. The van der Waals surface area contributed by atoms with E-state index in [0.29, 0.717) is 5.75 Å². The van der Waals surface area contributed by atoms with E-state index in [2.05, 4.69) is 42.8 Å². The van der Waals surface area contributed by atoms with Crippen LogP contribution in [0.5, 0.6) is 11.5 Å². The van der Waals surface area contributed by atoms with E-state index in [1.807, 2.05) is 45.0 Å². The summed E-state index contributed by atoms with van der Waals surface area (Å²) in [6, 6.07) is 9.85. The van der Waals surface area contributed by atoms with E-state index < -0.39 is 5.97 Å². The normalized spacial score (nSPS) is 11.3. The van der Waals surface area contributed by atoms with Crippen molar-refractivity contribution in [3.8, 4) is 11.5 Å². The molecule has 0 heterocycles. The second-order valence-electron chi connectivity index (χ2n) is 7.38. The maximum absolute atomic E-state index is 12.2. The van der Waals surface area contributed by atoms with Crippen molar-refractivity contribution in [2.45, 2.75) is 47.0 Å². The van der Waals surface area contributed by atoms with E-state index in [-0.39, 0.29) is 12.0 Å². The van der Waals surface area contributed by atoms with Crippen LogP contribution in [0.3, 0.4) is 0 Å². The zero-order chi connectivity index (χ0) is 18.8. The molecule has 0 amide bonds. The molecule has 0 N–H and O–H groups in total. The Morgan fingerprint density at radius 3 is 2.20 bits per heavy atom. The molecule has 2 rings (SSSR count). The molecule has 0 spiro atoms. The molecule has 0 aromatic heterocycles. The van der Waals surface area contributed by atoms with Gasteiger partial charge in [0.1, 0.15) is 11.5 Å². The van der Waals surface area contributed by atoms with Crippen LogP contribution in [0, 0.1) is 20.8 Å². The highest BCUT2D eigenvalue weighted by Gasteiger charge is 2.20. The highest BCUT2D eigenvalue weighted by atomic mass is 79.9. The first-order valence-electron chi connectivity index (χ1n) is 8.29. The van der Waals surface area contributed by atoms with Gasteiger partial charge in [0.15, 0.2) is 6.61 Å². The van der Waals surface area contributed by atoms with Crippen molar-refractivity contribution in [1.29, 1.82) is 0 Å². The lowest BCUT2D eigenvalue weighted by Gasteiger charge is -2.23. The van der Waals surface area contributed by atoms with Gasteiger partial charge < -0.3 is 9.47 Å². The van der Waals surface area contributed by atoms with E-state index in [1.54, 1.807) is 0 Å². The number of carbonyl (C=O) groups is 1. The Hall–Kier alpha value is -1.81. The Morgan fingerprint density at radius 2 is 1.64 bits per heavy atom. The fourth-order valence-corrected chi connectivity index (χ4v) is 3.38. The highest BCUT2D eigenvalue weighted by molar-refractivity contribution is 9.10. The summed E-state index contributed by atoms with van der Waals surface area (Å²) in [5.41, 5.74) is 4.00. The van der Waals surface area contributed by atoms with Crippen molar-refractivity contribution in [2.24, 2.45) is 0 Å². The molecular formula is C21H25BrO3.